The summed E-state index contributed by atoms with van der Waals surface area (Å²) in [6.07, 6.45) is 0. The van der Waals surface area contributed by atoms with Crippen molar-refractivity contribution in [3.05, 3.63) is 64.4 Å². The monoisotopic (exact) mass is 342 g/mol. The minimum Gasteiger partial charge on any atom is -0.463 e. The molecule has 1 aromatic carbocycles. The van der Waals surface area contributed by atoms with Crippen molar-refractivity contribution in [3.63, 3.8) is 0 Å². The molecule has 4 nitrogen and oxygen atoms in total. The Labute approximate surface area is 146 Å². The second-order valence-corrected chi connectivity index (χ2v) is 7.11. The van der Waals surface area contributed by atoms with Crippen LogP contribution in [0.15, 0.2) is 52.3 Å². The van der Waals surface area contributed by atoms with Gasteiger partial charge in [0.25, 0.3) is 0 Å². The maximum atomic E-state index is 10.6. The van der Waals surface area contributed by atoms with Crippen LogP contribution in [0.2, 0.25) is 0 Å². The third-order valence-electron chi connectivity index (χ3n) is 3.99. The van der Waals surface area contributed by atoms with E-state index in [1.54, 1.807) is 18.3 Å². The maximum Gasteiger partial charge on any atom is 0.136 e. The van der Waals surface area contributed by atoms with Crippen LogP contribution in [0.3, 0.4) is 0 Å². The van der Waals surface area contributed by atoms with Crippen molar-refractivity contribution in [2.24, 2.45) is 0 Å². The van der Waals surface area contributed by atoms with Crippen molar-refractivity contribution in [1.82, 2.24) is 10.3 Å². The molecule has 0 aliphatic heterocycles. The van der Waals surface area contributed by atoms with Crippen molar-refractivity contribution < 1.29 is 9.52 Å². The van der Waals surface area contributed by atoms with Crippen LogP contribution in [0, 0.1) is 6.92 Å². The Bertz CT molecular complexity index is 793. The number of aromatic nitrogens is 1. The van der Waals surface area contributed by atoms with Gasteiger partial charge in [0.05, 0.1) is 11.7 Å². The SMILES string of the molecule is Cc1ccc(C(C)(O)CNC(C)c2nc(-c3ccccc3)cs2)o1. The third kappa shape index (κ3) is 3.75. The minimum atomic E-state index is -1.05. The lowest BCUT2D eigenvalue weighted by Crippen LogP contribution is -2.36. The van der Waals surface area contributed by atoms with E-state index in [0.717, 1.165) is 22.0 Å². The predicted octanol–water partition coefficient (Wildman–Crippen LogP) is 4.27. The van der Waals surface area contributed by atoms with Gasteiger partial charge in [-0.25, -0.2) is 4.98 Å². The molecule has 0 saturated heterocycles. The van der Waals surface area contributed by atoms with Crippen molar-refractivity contribution in [2.45, 2.75) is 32.4 Å². The molecule has 5 heteroatoms. The molecule has 126 valence electrons. The molecule has 0 bridgehead atoms. The van der Waals surface area contributed by atoms with Crippen LogP contribution in [0.4, 0.5) is 0 Å². The van der Waals surface area contributed by atoms with Gasteiger partial charge >= 0.3 is 0 Å². The lowest BCUT2D eigenvalue weighted by molar-refractivity contribution is 0.0313. The molecule has 24 heavy (non-hydrogen) atoms. The number of rotatable bonds is 6. The number of aryl methyl sites for hydroxylation is 1. The lowest BCUT2D eigenvalue weighted by atomic mass is 10.0. The van der Waals surface area contributed by atoms with Gasteiger partial charge in [-0.15, -0.1) is 11.3 Å². The van der Waals surface area contributed by atoms with Crippen LogP contribution in [0.25, 0.3) is 11.3 Å². The summed E-state index contributed by atoms with van der Waals surface area (Å²) in [7, 11) is 0. The second kappa shape index (κ2) is 6.89. The summed E-state index contributed by atoms with van der Waals surface area (Å²) in [5, 5.41) is 17.0. The summed E-state index contributed by atoms with van der Waals surface area (Å²) >= 11 is 1.62. The Morgan fingerprint density at radius 2 is 2.00 bits per heavy atom. The van der Waals surface area contributed by atoms with Crippen molar-refractivity contribution in [1.29, 1.82) is 0 Å². The summed E-state index contributed by atoms with van der Waals surface area (Å²) in [4.78, 5) is 4.71. The smallest absolute Gasteiger partial charge is 0.136 e. The molecule has 0 aliphatic rings. The van der Waals surface area contributed by atoms with Gasteiger partial charge < -0.3 is 14.8 Å². The van der Waals surface area contributed by atoms with E-state index in [1.165, 1.54) is 0 Å². The number of nitrogens with zero attached hydrogens (tertiary/aromatic N) is 1. The van der Waals surface area contributed by atoms with Crippen LogP contribution in [-0.4, -0.2) is 16.6 Å². The number of furan rings is 1. The molecule has 0 spiro atoms. The molecule has 2 heterocycles. The third-order valence-corrected chi connectivity index (χ3v) is 5.01. The van der Waals surface area contributed by atoms with Crippen molar-refractivity contribution in [3.8, 4) is 11.3 Å². The van der Waals surface area contributed by atoms with Crippen LogP contribution in [0.1, 0.15) is 36.4 Å². The Morgan fingerprint density at radius 1 is 1.25 bits per heavy atom. The fraction of sp³-hybridized carbons (Fsp3) is 0.316. The van der Waals surface area contributed by atoms with Gasteiger partial charge in [-0.3, -0.25) is 0 Å². The number of hydrogen-bond donors (Lipinski definition) is 2. The van der Waals surface area contributed by atoms with E-state index in [0.29, 0.717) is 12.3 Å². The van der Waals surface area contributed by atoms with E-state index >= 15 is 0 Å². The molecule has 2 N–H and O–H groups in total. The fourth-order valence-corrected chi connectivity index (χ4v) is 3.34. The topological polar surface area (TPSA) is 58.3 Å². The molecule has 2 atom stereocenters. The first-order chi connectivity index (χ1) is 11.5. The van der Waals surface area contributed by atoms with Crippen molar-refractivity contribution in [2.75, 3.05) is 6.54 Å². The molecule has 2 aromatic heterocycles. The summed E-state index contributed by atoms with van der Waals surface area (Å²) in [5.74, 6) is 1.37. The molecule has 0 amide bonds. The zero-order valence-electron chi connectivity index (χ0n) is 14.1. The molecule has 0 fully saturated rings. The zero-order chi connectivity index (χ0) is 17.2. The molecule has 0 saturated carbocycles. The van der Waals surface area contributed by atoms with E-state index in [2.05, 4.69) is 29.8 Å². The summed E-state index contributed by atoms with van der Waals surface area (Å²) < 4.78 is 5.55. The maximum absolute atomic E-state index is 10.6. The molecule has 0 radical (unpaired) electrons. The van der Waals surface area contributed by atoms with E-state index in [9.17, 15) is 5.11 Å². The highest BCUT2D eigenvalue weighted by molar-refractivity contribution is 7.10. The molecule has 3 rings (SSSR count). The summed E-state index contributed by atoms with van der Waals surface area (Å²) in [6, 6.07) is 13.9. The van der Waals surface area contributed by atoms with Gasteiger partial charge in [0.1, 0.15) is 22.1 Å². The van der Waals surface area contributed by atoms with Crippen LogP contribution >= 0.6 is 11.3 Å². The van der Waals surface area contributed by atoms with Gasteiger partial charge in [0.15, 0.2) is 0 Å². The number of aliphatic hydroxyl groups is 1. The Morgan fingerprint density at radius 3 is 2.67 bits per heavy atom. The average Bonchev–Trinajstić information content (AvgIpc) is 3.23. The average molecular weight is 342 g/mol. The first-order valence-electron chi connectivity index (χ1n) is 7.99. The number of hydrogen-bond acceptors (Lipinski definition) is 5. The van der Waals surface area contributed by atoms with Crippen LogP contribution in [0.5, 0.6) is 0 Å². The largest absolute Gasteiger partial charge is 0.463 e. The highest BCUT2D eigenvalue weighted by Gasteiger charge is 2.27. The molecule has 2 unspecified atom stereocenters. The highest BCUT2D eigenvalue weighted by atomic mass is 32.1. The van der Waals surface area contributed by atoms with E-state index in [4.69, 9.17) is 9.40 Å². The van der Waals surface area contributed by atoms with Gasteiger partial charge in [-0.2, -0.15) is 0 Å². The minimum absolute atomic E-state index is 0.0509. The highest BCUT2D eigenvalue weighted by Crippen LogP contribution is 2.27. The van der Waals surface area contributed by atoms with Gasteiger partial charge in [-0.05, 0) is 32.9 Å². The second-order valence-electron chi connectivity index (χ2n) is 6.22. The number of nitrogens with one attached hydrogen (secondary N) is 1. The quantitative estimate of drug-likeness (QED) is 0.702. The Hall–Kier alpha value is -1.95. The zero-order valence-corrected chi connectivity index (χ0v) is 14.9. The molecule has 0 aliphatic carbocycles. The van der Waals surface area contributed by atoms with E-state index in [1.807, 2.05) is 37.3 Å². The first kappa shape index (κ1) is 16.9. The predicted molar refractivity (Wildman–Crippen MR) is 97.0 cm³/mol. The number of benzene rings is 1. The first-order valence-corrected chi connectivity index (χ1v) is 8.87. The van der Waals surface area contributed by atoms with Crippen LogP contribution in [-0.2, 0) is 5.60 Å². The van der Waals surface area contributed by atoms with Gasteiger partial charge in [0.2, 0.25) is 0 Å². The Balaban J connectivity index is 1.65. The fourth-order valence-electron chi connectivity index (χ4n) is 2.48. The molecular weight excluding hydrogens is 320 g/mol. The van der Waals surface area contributed by atoms with Crippen LogP contribution < -0.4 is 5.32 Å². The van der Waals surface area contributed by atoms with E-state index in [-0.39, 0.29) is 6.04 Å². The Kier molecular flexibility index (Phi) is 4.85. The summed E-state index contributed by atoms with van der Waals surface area (Å²) in [6.45, 7) is 6.07. The van der Waals surface area contributed by atoms with Gasteiger partial charge in [0, 0.05) is 17.5 Å². The molecular formula is C19H22N2O2S. The standard InChI is InChI=1S/C19H22N2O2S/c1-13-9-10-17(23-13)19(3,22)12-20-14(2)18-21-16(11-24-18)15-7-5-4-6-8-15/h4-11,14,20,22H,12H2,1-3H3. The summed E-state index contributed by atoms with van der Waals surface area (Å²) in [5.41, 5.74) is 1.05. The molecule has 3 aromatic rings. The van der Waals surface area contributed by atoms with Crippen molar-refractivity contribution >= 4 is 11.3 Å². The van der Waals surface area contributed by atoms with Gasteiger partial charge in [-0.1, -0.05) is 30.3 Å². The lowest BCUT2D eigenvalue weighted by Gasteiger charge is -2.23. The van der Waals surface area contributed by atoms with E-state index < -0.39 is 5.60 Å². The number of thiazole rings is 1. The normalized spacial score (nSPS) is 15.2.